The number of hydrogen-bond acceptors (Lipinski definition) is 3. The molecule has 110 valence electrons. The lowest BCUT2D eigenvalue weighted by Gasteiger charge is -2.09. The van der Waals surface area contributed by atoms with E-state index in [-0.39, 0.29) is 0 Å². The average molecular weight is 304 g/mol. The third kappa shape index (κ3) is 2.53. The first-order valence-corrected chi connectivity index (χ1v) is 7.51. The van der Waals surface area contributed by atoms with Crippen LogP contribution < -0.4 is 0 Å². The van der Waals surface area contributed by atoms with E-state index in [1.54, 1.807) is 0 Å². The molecule has 3 aromatic heterocycles. The van der Waals surface area contributed by atoms with Crippen LogP contribution in [-0.2, 0) is 20.0 Å². The molecule has 3 rings (SSSR count). The number of aryl methyl sites for hydroxylation is 4. The summed E-state index contributed by atoms with van der Waals surface area (Å²) in [6.45, 7) is 4.67. The Morgan fingerprint density at radius 2 is 2.00 bits per heavy atom. The van der Waals surface area contributed by atoms with Crippen molar-refractivity contribution in [2.75, 3.05) is 5.88 Å². The Labute approximate surface area is 128 Å². The second-order valence-corrected chi connectivity index (χ2v) is 5.58. The van der Waals surface area contributed by atoms with Gasteiger partial charge in [-0.05, 0) is 26.0 Å². The van der Waals surface area contributed by atoms with Crippen LogP contribution in [0, 0.1) is 13.8 Å². The first-order chi connectivity index (χ1) is 10.1. The van der Waals surface area contributed by atoms with Crippen molar-refractivity contribution in [1.82, 2.24) is 24.3 Å². The highest BCUT2D eigenvalue weighted by Crippen LogP contribution is 2.20. The van der Waals surface area contributed by atoms with Gasteiger partial charge in [0.1, 0.15) is 11.3 Å². The maximum Gasteiger partial charge on any atom is 0.159 e. The minimum absolute atomic E-state index is 0.553. The highest BCUT2D eigenvalue weighted by Gasteiger charge is 2.17. The lowest BCUT2D eigenvalue weighted by atomic mass is 10.3. The Bertz CT molecular complexity index is 787. The maximum atomic E-state index is 5.92. The van der Waals surface area contributed by atoms with E-state index in [9.17, 15) is 0 Å². The largest absolute Gasteiger partial charge is 0.307 e. The van der Waals surface area contributed by atoms with E-state index in [4.69, 9.17) is 16.6 Å². The number of rotatable bonds is 4. The molecule has 0 bridgehead atoms. The summed E-state index contributed by atoms with van der Waals surface area (Å²) in [6, 6.07) is 6.06. The van der Waals surface area contributed by atoms with Crippen LogP contribution in [0.1, 0.15) is 22.9 Å². The molecule has 0 radical (unpaired) electrons. The van der Waals surface area contributed by atoms with Crippen LogP contribution in [0.15, 0.2) is 18.2 Å². The molecule has 0 aromatic carbocycles. The van der Waals surface area contributed by atoms with E-state index < -0.39 is 0 Å². The van der Waals surface area contributed by atoms with E-state index in [0.29, 0.717) is 12.4 Å². The van der Waals surface area contributed by atoms with Crippen LogP contribution in [0.4, 0.5) is 0 Å². The van der Waals surface area contributed by atoms with Gasteiger partial charge in [0.15, 0.2) is 5.65 Å². The number of aromatic nitrogens is 5. The topological polar surface area (TPSA) is 48.5 Å². The molecule has 21 heavy (non-hydrogen) atoms. The van der Waals surface area contributed by atoms with Crippen molar-refractivity contribution in [1.29, 1.82) is 0 Å². The van der Waals surface area contributed by atoms with Crippen molar-refractivity contribution in [3.63, 3.8) is 0 Å². The molecule has 0 spiro atoms. The van der Waals surface area contributed by atoms with E-state index in [1.807, 2.05) is 43.8 Å². The van der Waals surface area contributed by atoms with Crippen LogP contribution in [0.25, 0.3) is 11.2 Å². The number of nitrogens with zero attached hydrogens (tertiary/aromatic N) is 5. The van der Waals surface area contributed by atoms with Crippen molar-refractivity contribution in [2.24, 2.45) is 7.05 Å². The van der Waals surface area contributed by atoms with Gasteiger partial charge in [0.25, 0.3) is 0 Å². The van der Waals surface area contributed by atoms with E-state index in [1.165, 1.54) is 0 Å². The summed E-state index contributed by atoms with van der Waals surface area (Å²) in [4.78, 5) is 9.29. The summed E-state index contributed by atoms with van der Waals surface area (Å²) in [5, 5.41) is 4.45. The van der Waals surface area contributed by atoms with Crippen molar-refractivity contribution in [3.05, 3.63) is 41.1 Å². The Morgan fingerprint density at radius 1 is 1.19 bits per heavy atom. The van der Waals surface area contributed by atoms with Gasteiger partial charge < -0.3 is 4.57 Å². The highest BCUT2D eigenvalue weighted by molar-refractivity contribution is 6.17. The molecule has 0 fully saturated rings. The highest BCUT2D eigenvalue weighted by atomic mass is 35.5. The van der Waals surface area contributed by atoms with Gasteiger partial charge in [0, 0.05) is 25.0 Å². The van der Waals surface area contributed by atoms with Crippen molar-refractivity contribution >= 4 is 22.8 Å². The Balaban J connectivity index is 2.12. The van der Waals surface area contributed by atoms with Crippen molar-refractivity contribution < 1.29 is 0 Å². The van der Waals surface area contributed by atoms with Crippen LogP contribution in [-0.4, -0.2) is 30.2 Å². The normalized spacial score (nSPS) is 11.4. The molecule has 3 heterocycles. The molecule has 0 aliphatic rings. The second-order valence-electron chi connectivity index (χ2n) is 5.20. The van der Waals surface area contributed by atoms with Gasteiger partial charge >= 0.3 is 0 Å². The molecule has 0 saturated carbocycles. The van der Waals surface area contributed by atoms with E-state index in [2.05, 4.69) is 14.6 Å². The Hall–Kier alpha value is -1.88. The molecule has 6 heteroatoms. The monoisotopic (exact) mass is 303 g/mol. The molecular weight excluding hydrogens is 286 g/mol. The van der Waals surface area contributed by atoms with Gasteiger partial charge in [0.2, 0.25) is 0 Å². The van der Waals surface area contributed by atoms with Gasteiger partial charge in [-0.3, -0.25) is 9.67 Å². The zero-order valence-electron chi connectivity index (χ0n) is 12.5. The van der Waals surface area contributed by atoms with Gasteiger partial charge in [-0.15, -0.1) is 11.6 Å². The maximum absolute atomic E-state index is 5.92. The summed E-state index contributed by atoms with van der Waals surface area (Å²) in [6.07, 6.45) is 0.738. The predicted octanol–water partition coefficient (Wildman–Crippen LogP) is 2.61. The zero-order valence-corrected chi connectivity index (χ0v) is 13.2. The van der Waals surface area contributed by atoms with Gasteiger partial charge in [0.05, 0.1) is 17.9 Å². The third-order valence-electron chi connectivity index (χ3n) is 3.55. The first kappa shape index (κ1) is 14.1. The fraction of sp³-hybridized carbons (Fsp3) is 0.400. The molecule has 5 nitrogen and oxygen atoms in total. The summed E-state index contributed by atoms with van der Waals surface area (Å²) in [5.74, 6) is 1.54. The summed E-state index contributed by atoms with van der Waals surface area (Å²) >= 11 is 5.92. The van der Waals surface area contributed by atoms with Crippen LogP contribution >= 0.6 is 11.6 Å². The number of fused-ring (bicyclic) bond motifs is 1. The lowest BCUT2D eigenvalue weighted by Crippen LogP contribution is -2.10. The number of halogens is 1. The fourth-order valence-electron chi connectivity index (χ4n) is 2.67. The van der Waals surface area contributed by atoms with Crippen LogP contribution in [0.5, 0.6) is 0 Å². The standard InChI is InChI=1S/C15H18ClN5/c1-10-5-4-6-12(17-10)9-21-13(7-8-16)18-14-11(2)19-20(3)15(14)21/h4-6H,7-9H2,1-3H3. The van der Waals surface area contributed by atoms with Gasteiger partial charge in [-0.25, -0.2) is 4.98 Å². The second kappa shape index (κ2) is 5.48. The molecule has 0 atom stereocenters. The molecule has 0 N–H and O–H groups in total. The van der Waals surface area contributed by atoms with Gasteiger partial charge in [-0.1, -0.05) is 6.07 Å². The minimum Gasteiger partial charge on any atom is -0.307 e. The minimum atomic E-state index is 0.553. The average Bonchev–Trinajstić information content (AvgIpc) is 2.91. The molecular formula is C15H18ClN5. The molecule has 0 aliphatic heterocycles. The zero-order chi connectivity index (χ0) is 15.0. The molecule has 3 aromatic rings. The first-order valence-electron chi connectivity index (χ1n) is 6.97. The van der Waals surface area contributed by atoms with Crippen LogP contribution in [0.3, 0.4) is 0 Å². The fourth-order valence-corrected chi connectivity index (χ4v) is 2.84. The summed E-state index contributed by atoms with van der Waals surface area (Å²) in [7, 11) is 1.95. The molecule has 0 aliphatic carbocycles. The summed E-state index contributed by atoms with van der Waals surface area (Å²) < 4.78 is 4.05. The lowest BCUT2D eigenvalue weighted by molar-refractivity contribution is 0.682. The number of pyridine rings is 1. The Kier molecular flexibility index (Phi) is 3.68. The van der Waals surface area contributed by atoms with Gasteiger partial charge in [-0.2, -0.15) is 5.10 Å². The molecule has 0 saturated heterocycles. The Morgan fingerprint density at radius 3 is 2.71 bits per heavy atom. The SMILES string of the molecule is Cc1cccc(Cn2c(CCCl)nc3c(C)nn(C)c32)n1. The van der Waals surface area contributed by atoms with Crippen LogP contribution in [0.2, 0.25) is 0 Å². The summed E-state index contributed by atoms with van der Waals surface area (Å²) in [5.41, 5.74) is 4.95. The molecule has 0 amide bonds. The molecule has 0 unspecified atom stereocenters. The number of alkyl halides is 1. The van der Waals surface area contributed by atoms with Crippen molar-refractivity contribution in [3.8, 4) is 0 Å². The number of hydrogen-bond donors (Lipinski definition) is 0. The smallest absolute Gasteiger partial charge is 0.159 e. The van der Waals surface area contributed by atoms with E-state index >= 15 is 0 Å². The predicted molar refractivity (Wildman–Crippen MR) is 83.7 cm³/mol. The van der Waals surface area contributed by atoms with Crippen molar-refractivity contribution in [2.45, 2.75) is 26.8 Å². The quantitative estimate of drug-likeness (QED) is 0.696. The third-order valence-corrected chi connectivity index (χ3v) is 3.74. The number of imidazole rings is 1. The van der Waals surface area contributed by atoms with E-state index in [0.717, 1.165) is 40.5 Å².